The first-order valence-electron chi connectivity index (χ1n) is 8.79. The molecule has 1 fully saturated rings. The third kappa shape index (κ3) is 3.17. The molecule has 1 N–H and O–H groups in total. The van der Waals surface area contributed by atoms with Crippen molar-refractivity contribution in [2.75, 3.05) is 13.1 Å². The van der Waals surface area contributed by atoms with E-state index in [-0.39, 0.29) is 16.6 Å². The summed E-state index contributed by atoms with van der Waals surface area (Å²) in [4.78, 5) is 15.0. The smallest absolute Gasteiger partial charge is 0.197 e. The van der Waals surface area contributed by atoms with Crippen molar-refractivity contribution in [1.82, 2.24) is 4.90 Å². The maximum absolute atomic E-state index is 12.6. The second kappa shape index (κ2) is 6.73. The van der Waals surface area contributed by atoms with Crippen LogP contribution in [0.2, 0.25) is 0 Å². The van der Waals surface area contributed by atoms with Crippen LogP contribution in [0.3, 0.4) is 0 Å². The summed E-state index contributed by atoms with van der Waals surface area (Å²) in [6.45, 7) is 2.86. The molecular weight excluding hydrogens is 314 g/mol. The highest BCUT2D eigenvalue weighted by Crippen LogP contribution is 2.30. The van der Waals surface area contributed by atoms with E-state index in [1.807, 2.05) is 36.4 Å². The molecule has 128 valence electrons. The molecule has 0 unspecified atom stereocenters. The summed E-state index contributed by atoms with van der Waals surface area (Å²) in [6.07, 6.45) is 3.69. The van der Waals surface area contributed by atoms with E-state index < -0.39 is 0 Å². The van der Waals surface area contributed by atoms with Crippen LogP contribution in [0.15, 0.2) is 57.7 Å². The number of nitrogens with zero attached hydrogens (tertiary/aromatic N) is 1. The summed E-state index contributed by atoms with van der Waals surface area (Å²) < 4.78 is 6.10. The minimum atomic E-state index is -0.210. The Kier molecular flexibility index (Phi) is 4.28. The molecule has 25 heavy (non-hydrogen) atoms. The third-order valence-electron chi connectivity index (χ3n) is 4.84. The zero-order chi connectivity index (χ0) is 17.2. The van der Waals surface area contributed by atoms with Crippen LogP contribution < -0.4 is 5.43 Å². The van der Waals surface area contributed by atoms with Crippen LogP contribution in [0.4, 0.5) is 0 Å². The summed E-state index contributed by atoms with van der Waals surface area (Å²) >= 11 is 0. The average Bonchev–Trinajstić information content (AvgIpc) is 2.65. The van der Waals surface area contributed by atoms with E-state index >= 15 is 0 Å². The lowest BCUT2D eigenvalue weighted by Gasteiger charge is -2.26. The minimum Gasteiger partial charge on any atom is -0.507 e. The zero-order valence-corrected chi connectivity index (χ0v) is 14.1. The van der Waals surface area contributed by atoms with Gasteiger partial charge in [-0.1, -0.05) is 42.8 Å². The highest BCUT2D eigenvalue weighted by molar-refractivity contribution is 5.87. The van der Waals surface area contributed by atoms with E-state index in [2.05, 4.69) is 4.90 Å². The molecule has 0 saturated carbocycles. The Hall–Kier alpha value is -2.59. The van der Waals surface area contributed by atoms with Crippen LogP contribution in [-0.4, -0.2) is 23.1 Å². The topological polar surface area (TPSA) is 53.7 Å². The molecule has 2 heterocycles. The number of benzene rings is 2. The molecule has 0 aliphatic carbocycles. The molecule has 0 spiro atoms. The van der Waals surface area contributed by atoms with Crippen LogP contribution in [0.25, 0.3) is 22.3 Å². The second-order valence-corrected chi connectivity index (χ2v) is 6.63. The molecule has 0 bridgehead atoms. The molecule has 1 aliphatic heterocycles. The molecule has 1 saturated heterocycles. The van der Waals surface area contributed by atoms with E-state index in [4.69, 9.17) is 4.42 Å². The van der Waals surface area contributed by atoms with Gasteiger partial charge in [-0.05, 0) is 32.0 Å². The molecule has 0 radical (unpaired) electrons. The van der Waals surface area contributed by atoms with Crippen LogP contribution in [0.5, 0.6) is 5.75 Å². The monoisotopic (exact) mass is 335 g/mol. The molecule has 1 aliphatic rings. The molecule has 4 nitrogen and oxygen atoms in total. The van der Waals surface area contributed by atoms with Crippen molar-refractivity contribution < 1.29 is 9.52 Å². The Bertz CT molecular complexity index is 941. The standard InChI is InChI=1S/C21H21NO3/c23-17-10-9-16(14-22-11-5-2-6-12-22)21-20(17)18(24)13-19(25-21)15-7-3-1-4-8-15/h1,3-4,7-10,13,23H,2,5-6,11-12,14H2. The lowest BCUT2D eigenvalue weighted by atomic mass is 10.1. The van der Waals surface area contributed by atoms with Crippen molar-refractivity contribution in [3.05, 3.63) is 64.3 Å². The van der Waals surface area contributed by atoms with Crippen molar-refractivity contribution in [2.24, 2.45) is 0 Å². The van der Waals surface area contributed by atoms with Gasteiger partial charge in [-0.3, -0.25) is 9.69 Å². The second-order valence-electron chi connectivity index (χ2n) is 6.63. The molecule has 4 rings (SSSR count). The van der Waals surface area contributed by atoms with Crippen molar-refractivity contribution in [2.45, 2.75) is 25.8 Å². The molecular formula is C21H21NO3. The number of hydrogen-bond donors (Lipinski definition) is 1. The van der Waals surface area contributed by atoms with E-state index in [1.54, 1.807) is 6.07 Å². The van der Waals surface area contributed by atoms with Gasteiger partial charge in [0.25, 0.3) is 0 Å². The number of fused-ring (bicyclic) bond motifs is 1. The first-order chi connectivity index (χ1) is 12.2. The van der Waals surface area contributed by atoms with E-state index in [0.29, 0.717) is 11.3 Å². The van der Waals surface area contributed by atoms with Gasteiger partial charge in [-0.2, -0.15) is 0 Å². The van der Waals surface area contributed by atoms with E-state index in [1.165, 1.54) is 25.3 Å². The van der Waals surface area contributed by atoms with Crippen LogP contribution in [-0.2, 0) is 6.54 Å². The summed E-state index contributed by atoms with van der Waals surface area (Å²) in [5.74, 6) is 0.509. The summed E-state index contributed by atoms with van der Waals surface area (Å²) in [6, 6.07) is 14.5. The number of phenolic OH excluding ortho intramolecular Hbond substituents is 1. The first kappa shape index (κ1) is 15.9. The molecule has 0 amide bonds. The van der Waals surface area contributed by atoms with Gasteiger partial charge in [0.15, 0.2) is 5.43 Å². The molecule has 4 heteroatoms. The van der Waals surface area contributed by atoms with E-state index in [0.717, 1.165) is 30.8 Å². The normalized spacial score (nSPS) is 15.5. The number of rotatable bonds is 3. The number of likely N-dealkylation sites (tertiary alicyclic amines) is 1. The Morgan fingerprint density at radius 1 is 1.00 bits per heavy atom. The van der Waals surface area contributed by atoms with Gasteiger partial charge in [0, 0.05) is 23.7 Å². The van der Waals surface area contributed by atoms with Crippen LogP contribution >= 0.6 is 0 Å². The van der Waals surface area contributed by atoms with Gasteiger partial charge in [-0.25, -0.2) is 0 Å². The van der Waals surface area contributed by atoms with Crippen LogP contribution in [0, 0.1) is 0 Å². The van der Waals surface area contributed by atoms with Crippen molar-refractivity contribution in [1.29, 1.82) is 0 Å². The Balaban J connectivity index is 1.84. The lowest BCUT2D eigenvalue weighted by Crippen LogP contribution is -2.29. The molecule has 1 aromatic heterocycles. The van der Waals surface area contributed by atoms with Gasteiger partial charge < -0.3 is 9.52 Å². The highest BCUT2D eigenvalue weighted by atomic mass is 16.3. The predicted molar refractivity (Wildman–Crippen MR) is 98.7 cm³/mol. The summed E-state index contributed by atoms with van der Waals surface area (Å²) in [5, 5.41) is 10.4. The Labute approximate surface area is 146 Å². The predicted octanol–water partition coefficient (Wildman–Crippen LogP) is 4.15. The van der Waals surface area contributed by atoms with Crippen molar-refractivity contribution in [3.63, 3.8) is 0 Å². The number of hydrogen-bond acceptors (Lipinski definition) is 4. The van der Waals surface area contributed by atoms with Gasteiger partial charge >= 0.3 is 0 Å². The molecule has 3 aromatic rings. The fourth-order valence-corrected chi connectivity index (χ4v) is 3.53. The maximum atomic E-state index is 12.6. The minimum absolute atomic E-state index is 0.0224. The maximum Gasteiger partial charge on any atom is 0.197 e. The largest absolute Gasteiger partial charge is 0.507 e. The Morgan fingerprint density at radius 3 is 2.52 bits per heavy atom. The van der Waals surface area contributed by atoms with Gasteiger partial charge in [-0.15, -0.1) is 0 Å². The lowest BCUT2D eigenvalue weighted by molar-refractivity contribution is 0.221. The van der Waals surface area contributed by atoms with Gasteiger partial charge in [0.1, 0.15) is 22.5 Å². The molecule has 2 aromatic carbocycles. The number of phenols is 1. The third-order valence-corrected chi connectivity index (χ3v) is 4.84. The summed E-state index contributed by atoms with van der Waals surface area (Å²) in [5.41, 5.74) is 2.09. The van der Waals surface area contributed by atoms with Crippen molar-refractivity contribution in [3.8, 4) is 17.1 Å². The van der Waals surface area contributed by atoms with Gasteiger partial charge in [0.2, 0.25) is 0 Å². The van der Waals surface area contributed by atoms with E-state index in [9.17, 15) is 9.90 Å². The highest BCUT2D eigenvalue weighted by Gasteiger charge is 2.17. The average molecular weight is 335 g/mol. The quantitative estimate of drug-likeness (QED) is 0.781. The first-order valence-corrected chi connectivity index (χ1v) is 8.79. The fourth-order valence-electron chi connectivity index (χ4n) is 3.53. The van der Waals surface area contributed by atoms with Gasteiger partial charge in [0.05, 0.1) is 0 Å². The molecule has 0 atom stereocenters. The summed E-state index contributed by atoms with van der Waals surface area (Å²) in [7, 11) is 0. The zero-order valence-electron chi connectivity index (χ0n) is 14.1. The van der Waals surface area contributed by atoms with Crippen molar-refractivity contribution >= 4 is 11.0 Å². The Morgan fingerprint density at radius 2 is 1.76 bits per heavy atom. The fraction of sp³-hybridized carbons (Fsp3) is 0.286. The van der Waals surface area contributed by atoms with Crippen LogP contribution in [0.1, 0.15) is 24.8 Å². The number of aromatic hydroxyl groups is 1. The number of piperidine rings is 1. The SMILES string of the molecule is O=c1cc(-c2ccccc2)oc2c(CN3CCCCC3)ccc(O)c12.